The van der Waals surface area contributed by atoms with Gasteiger partial charge in [-0.3, -0.25) is 14.6 Å². The quantitative estimate of drug-likeness (QED) is 0.924. The molecule has 0 radical (unpaired) electrons. The fraction of sp³-hybridized carbons (Fsp3) is 0.389. The number of rotatable bonds is 4. The van der Waals surface area contributed by atoms with Gasteiger partial charge in [0.15, 0.2) is 0 Å². The summed E-state index contributed by atoms with van der Waals surface area (Å²) in [6.07, 6.45) is 0. The maximum atomic E-state index is 12.8. The third-order valence-corrected chi connectivity index (χ3v) is 4.04. The van der Waals surface area contributed by atoms with Crippen LogP contribution in [0.15, 0.2) is 24.3 Å². The van der Waals surface area contributed by atoms with Gasteiger partial charge in [0.1, 0.15) is 6.04 Å². The van der Waals surface area contributed by atoms with E-state index in [0.29, 0.717) is 21.5 Å². The molecule has 5 nitrogen and oxygen atoms in total. The van der Waals surface area contributed by atoms with Crippen LogP contribution in [0, 0.1) is 12.8 Å². The number of carbonyl (C=O) groups excluding carboxylic acids is 2. The molecule has 1 aromatic carbocycles. The molecule has 1 aromatic heterocycles. The molecule has 6 heteroatoms. The number of likely N-dealkylation sites (N-methyl/N-ethyl adjacent to an activating group) is 1. The van der Waals surface area contributed by atoms with Crippen LogP contribution >= 0.6 is 11.6 Å². The van der Waals surface area contributed by atoms with Crippen molar-refractivity contribution in [2.24, 2.45) is 5.92 Å². The van der Waals surface area contributed by atoms with Crippen molar-refractivity contribution in [3.8, 4) is 0 Å². The van der Waals surface area contributed by atoms with E-state index in [1.165, 1.54) is 4.90 Å². The van der Waals surface area contributed by atoms with E-state index in [1.54, 1.807) is 38.4 Å². The number of carbonyl (C=O) groups is 2. The van der Waals surface area contributed by atoms with E-state index < -0.39 is 6.04 Å². The van der Waals surface area contributed by atoms with Gasteiger partial charge in [-0.25, -0.2) is 0 Å². The molecule has 0 aliphatic rings. The van der Waals surface area contributed by atoms with E-state index >= 15 is 0 Å². The zero-order valence-electron chi connectivity index (χ0n) is 14.6. The normalized spacial score (nSPS) is 12.3. The lowest BCUT2D eigenvalue weighted by Gasteiger charge is -2.25. The van der Waals surface area contributed by atoms with E-state index in [1.807, 2.05) is 20.8 Å². The number of halogens is 1. The third-order valence-electron chi connectivity index (χ3n) is 3.80. The first-order chi connectivity index (χ1) is 11.2. The topological polar surface area (TPSA) is 62.3 Å². The highest BCUT2D eigenvalue weighted by Gasteiger charge is 2.26. The van der Waals surface area contributed by atoms with Gasteiger partial charge in [-0.05, 0) is 31.0 Å². The predicted octanol–water partition coefficient (Wildman–Crippen LogP) is 3.04. The number of hydrogen-bond acceptors (Lipinski definition) is 3. The van der Waals surface area contributed by atoms with Gasteiger partial charge in [0.05, 0.1) is 11.1 Å². The number of nitrogens with zero attached hydrogens (tertiary/aromatic N) is 2. The Bertz CT molecular complexity index is 782. The Labute approximate surface area is 147 Å². The second-order valence-electron chi connectivity index (χ2n) is 6.40. The Balaban J connectivity index is 2.42. The number of amides is 2. The number of hydrogen-bond donors (Lipinski definition) is 1. The summed E-state index contributed by atoms with van der Waals surface area (Å²) in [5.74, 6) is -0.439. The van der Waals surface area contributed by atoms with E-state index in [9.17, 15) is 9.59 Å². The van der Waals surface area contributed by atoms with Crippen molar-refractivity contribution in [3.63, 3.8) is 0 Å². The first-order valence-corrected chi connectivity index (χ1v) is 8.17. The highest BCUT2D eigenvalue weighted by atomic mass is 35.5. The number of benzene rings is 1. The summed E-state index contributed by atoms with van der Waals surface area (Å²) in [7, 11) is 3.36. The summed E-state index contributed by atoms with van der Waals surface area (Å²) >= 11 is 6.01. The number of nitrogens with one attached hydrogen (secondary N) is 1. The molecule has 0 unspecified atom stereocenters. The van der Waals surface area contributed by atoms with Gasteiger partial charge in [0, 0.05) is 30.2 Å². The molecular weight excluding hydrogens is 326 g/mol. The van der Waals surface area contributed by atoms with Gasteiger partial charge in [-0.2, -0.15) is 0 Å². The maximum absolute atomic E-state index is 12.8. The highest BCUT2D eigenvalue weighted by Crippen LogP contribution is 2.22. The molecule has 0 spiro atoms. The fourth-order valence-electron chi connectivity index (χ4n) is 2.53. The SMILES string of the molecule is Cc1cc(C(=O)N[C@H](C(=O)N(C)C)C(C)C)c2ccc(Cl)cc2n1. The molecule has 0 fully saturated rings. The Hall–Kier alpha value is -2.14. The molecule has 128 valence electrons. The van der Waals surface area contributed by atoms with Crippen molar-refractivity contribution >= 4 is 34.3 Å². The lowest BCUT2D eigenvalue weighted by Crippen LogP contribution is -2.49. The van der Waals surface area contributed by atoms with Crippen LogP contribution in [0.25, 0.3) is 10.9 Å². The molecule has 2 aromatic rings. The van der Waals surface area contributed by atoms with Gasteiger partial charge < -0.3 is 10.2 Å². The number of aromatic nitrogens is 1. The molecular formula is C18H22ClN3O2. The molecule has 0 bridgehead atoms. The fourth-order valence-corrected chi connectivity index (χ4v) is 2.70. The second-order valence-corrected chi connectivity index (χ2v) is 6.84. The zero-order chi connectivity index (χ0) is 18.0. The van der Waals surface area contributed by atoms with Crippen LogP contribution in [0.2, 0.25) is 5.02 Å². The van der Waals surface area contributed by atoms with Crippen molar-refractivity contribution in [1.82, 2.24) is 15.2 Å². The molecule has 2 amide bonds. The molecule has 0 saturated carbocycles. The van der Waals surface area contributed by atoms with Gasteiger partial charge in [-0.1, -0.05) is 31.5 Å². The Morgan fingerprint density at radius 1 is 1.21 bits per heavy atom. The molecule has 1 N–H and O–H groups in total. The summed E-state index contributed by atoms with van der Waals surface area (Å²) in [5.41, 5.74) is 1.87. The van der Waals surface area contributed by atoms with Gasteiger partial charge in [-0.15, -0.1) is 0 Å². The monoisotopic (exact) mass is 347 g/mol. The largest absolute Gasteiger partial charge is 0.347 e. The molecule has 24 heavy (non-hydrogen) atoms. The minimum Gasteiger partial charge on any atom is -0.347 e. The summed E-state index contributed by atoms with van der Waals surface area (Å²) in [5, 5.41) is 4.13. The molecule has 2 rings (SSSR count). The first kappa shape index (κ1) is 18.2. The lowest BCUT2D eigenvalue weighted by atomic mass is 10.0. The number of aryl methyl sites for hydroxylation is 1. The van der Waals surface area contributed by atoms with E-state index in [2.05, 4.69) is 10.3 Å². The Morgan fingerprint density at radius 3 is 2.46 bits per heavy atom. The van der Waals surface area contributed by atoms with Crippen LogP contribution < -0.4 is 5.32 Å². The Kier molecular flexibility index (Phi) is 5.44. The highest BCUT2D eigenvalue weighted by molar-refractivity contribution is 6.31. The van der Waals surface area contributed by atoms with Crippen LogP contribution in [0.1, 0.15) is 29.9 Å². The smallest absolute Gasteiger partial charge is 0.252 e. The number of pyridine rings is 1. The third kappa shape index (κ3) is 3.85. The summed E-state index contributed by atoms with van der Waals surface area (Å²) < 4.78 is 0. The summed E-state index contributed by atoms with van der Waals surface area (Å²) in [4.78, 5) is 31.0. The molecule has 1 heterocycles. The van der Waals surface area contributed by atoms with E-state index in [4.69, 9.17) is 11.6 Å². The standard InChI is InChI=1S/C18H22ClN3O2/c1-10(2)16(18(24)22(4)5)21-17(23)14-8-11(3)20-15-9-12(19)6-7-13(14)15/h6-10,16H,1-5H3,(H,21,23)/t16-/m0/s1. The summed E-state index contributed by atoms with van der Waals surface area (Å²) in [6, 6.07) is 6.37. The van der Waals surface area contributed by atoms with Crippen LogP contribution in [0.4, 0.5) is 0 Å². The van der Waals surface area contributed by atoms with Crippen LogP contribution in [-0.4, -0.2) is 41.8 Å². The lowest BCUT2D eigenvalue weighted by molar-refractivity contribution is -0.131. The molecule has 0 aliphatic carbocycles. The van der Waals surface area contributed by atoms with E-state index in [0.717, 1.165) is 5.69 Å². The number of fused-ring (bicyclic) bond motifs is 1. The van der Waals surface area contributed by atoms with Crippen LogP contribution in [0.3, 0.4) is 0 Å². The van der Waals surface area contributed by atoms with Crippen LogP contribution in [-0.2, 0) is 4.79 Å². The minimum atomic E-state index is -0.580. The van der Waals surface area contributed by atoms with E-state index in [-0.39, 0.29) is 17.7 Å². The van der Waals surface area contributed by atoms with Crippen molar-refractivity contribution < 1.29 is 9.59 Å². The minimum absolute atomic E-state index is 0.0208. The second kappa shape index (κ2) is 7.18. The van der Waals surface area contributed by atoms with Crippen molar-refractivity contribution in [2.75, 3.05) is 14.1 Å². The van der Waals surface area contributed by atoms with Gasteiger partial charge in [0.25, 0.3) is 5.91 Å². The van der Waals surface area contributed by atoms with Crippen molar-refractivity contribution in [2.45, 2.75) is 26.8 Å². The first-order valence-electron chi connectivity index (χ1n) is 7.79. The average molecular weight is 348 g/mol. The molecule has 0 saturated heterocycles. The molecule has 0 aliphatic heterocycles. The van der Waals surface area contributed by atoms with Crippen molar-refractivity contribution in [3.05, 3.63) is 40.5 Å². The van der Waals surface area contributed by atoms with Crippen LogP contribution in [0.5, 0.6) is 0 Å². The summed E-state index contributed by atoms with van der Waals surface area (Å²) in [6.45, 7) is 5.63. The predicted molar refractivity (Wildman–Crippen MR) is 96.3 cm³/mol. The van der Waals surface area contributed by atoms with Gasteiger partial charge in [0.2, 0.25) is 5.91 Å². The van der Waals surface area contributed by atoms with Gasteiger partial charge >= 0.3 is 0 Å². The maximum Gasteiger partial charge on any atom is 0.252 e. The average Bonchev–Trinajstić information content (AvgIpc) is 2.49. The molecule has 1 atom stereocenters. The Morgan fingerprint density at radius 2 is 1.88 bits per heavy atom. The zero-order valence-corrected chi connectivity index (χ0v) is 15.3. The van der Waals surface area contributed by atoms with Crippen molar-refractivity contribution in [1.29, 1.82) is 0 Å².